The quantitative estimate of drug-likeness (QED) is 0.587. The Balaban J connectivity index is 1.71. The molecule has 27 heavy (non-hydrogen) atoms. The molecule has 1 saturated carbocycles. The zero-order valence-corrected chi connectivity index (χ0v) is 16.3. The van der Waals surface area contributed by atoms with Gasteiger partial charge in [-0.15, -0.1) is 6.58 Å². The molecule has 1 aliphatic carbocycles. The number of anilines is 1. The number of aromatic nitrogens is 2. The molecule has 0 saturated heterocycles. The predicted molar refractivity (Wildman–Crippen MR) is 112 cm³/mol. The maximum absolute atomic E-state index is 4.93. The van der Waals surface area contributed by atoms with Gasteiger partial charge in [0.15, 0.2) is 5.82 Å². The van der Waals surface area contributed by atoms with Crippen LogP contribution in [0.15, 0.2) is 49.2 Å². The molecular formula is C24H27N3. The molecule has 2 aliphatic rings. The lowest BCUT2D eigenvalue weighted by molar-refractivity contribution is 0.523. The van der Waals surface area contributed by atoms with E-state index in [1.807, 2.05) is 12.3 Å². The van der Waals surface area contributed by atoms with Gasteiger partial charge in [0.05, 0.1) is 11.6 Å². The molecule has 2 aromatic heterocycles. The molecule has 0 N–H and O–H groups in total. The number of nitrogens with zero attached hydrogens (tertiary/aromatic N) is 3. The predicted octanol–water partition coefficient (Wildman–Crippen LogP) is 5.35. The maximum atomic E-state index is 4.93. The van der Waals surface area contributed by atoms with E-state index in [1.165, 1.54) is 46.1 Å². The van der Waals surface area contributed by atoms with E-state index in [-0.39, 0.29) is 0 Å². The summed E-state index contributed by atoms with van der Waals surface area (Å²) in [5.74, 6) is 1.91. The molecule has 3 nitrogen and oxygen atoms in total. The Morgan fingerprint density at radius 3 is 2.78 bits per heavy atom. The lowest BCUT2D eigenvalue weighted by atomic mass is 9.89. The molecule has 0 radical (unpaired) electrons. The largest absolute Gasteiger partial charge is 0.347 e. The number of hydrogen-bond donors (Lipinski definition) is 0. The highest BCUT2D eigenvalue weighted by Gasteiger charge is 2.40. The third kappa shape index (κ3) is 2.52. The summed E-state index contributed by atoms with van der Waals surface area (Å²) in [6, 6.07) is 11.7. The van der Waals surface area contributed by atoms with E-state index in [4.69, 9.17) is 4.98 Å². The van der Waals surface area contributed by atoms with Gasteiger partial charge >= 0.3 is 0 Å². The molecule has 0 amide bonds. The van der Waals surface area contributed by atoms with Crippen LogP contribution < -0.4 is 4.90 Å². The van der Waals surface area contributed by atoms with Crippen molar-refractivity contribution < 1.29 is 0 Å². The summed E-state index contributed by atoms with van der Waals surface area (Å²) in [5, 5.41) is 1.33. The number of aryl methyl sites for hydroxylation is 1. The van der Waals surface area contributed by atoms with Crippen molar-refractivity contribution in [2.45, 2.75) is 45.7 Å². The molecule has 3 aromatic rings. The van der Waals surface area contributed by atoms with Gasteiger partial charge in [0.1, 0.15) is 0 Å². The summed E-state index contributed by atoms with van der Waals surface area (Å²) in [5.41, 5.74) is 6.99. The number of allylic oxidation sites excluding steroid dienone is 1. The van der Waals surface area contributed by atoms with Crippen LogP contribution in [0, 0.1) is 19.8 Å². The molecule has 3 heterocycles. The van der Waals surface area contributed by atoms with Crippen LogP contribution in [0.1, 0.15) is 41.3 Å². The third-order valence-electron chi connectivity index (χ3n) is 6.51. The van der Waals surface area contributed by atoms with Crippen molar-refractivity contribution in [1.29, 1.82) is 0 Å². The summed E-state index contributed by atoms with van der Waals surface area (Å²) < 4.78 is 2.39. The first-order valence-electron chi connectivity index (χ1n) is 10.1. The second-order valence-electron chi connectivity index (χ2n) is 8.06. The van der Waals surface area contributed by atoms with E-state index in [1.54, 1.807) is 0 Å². The lowest BCUT2D eigenvalue weighted by Crippen LogP contribution is -2.37. The van der Waals surface area contributed by atoms with Gasteiger partial charge in [-0.05, 0) is 61.8 Å². The van der Waals surface area contributed by atoms with Gasteiger partial charge in [-0.25, -0.2) is 4.98 Å². The average Bonchev–Trinajstić information content (AvgIpc) is 3.51. The molecule has 1 aromatic carbocycles. The first kappa shape index (κ1) is 16.6. The Morgan fingerprint density at radius 2 is 2.00 bits per heavy atom. The summed E-state index contributed by atoms with van der Waals surface area (Å²) in [7, 11) is 0. The molecule has 1 aliphatic heterocycles. The van der Waals surface area contributed by atoms with E-state index in [2.05, 4.69) is 60.2 Å². The zero-order chi connectivity index (χ0) is 18.5. The fraction of sp³-hybridized carbons (Fsp3) is 0.375. The van der Waals surface area contributed by atoms with Crippen molar-refractivity contribution >= 4 is 16.7 Å². The molecule has 1 atom stereocenters. The van der Waals surface area contributed by atoms with Gasteiger partial charge in [-0.1, -0.05) is 30.3 Å². The number of rotatable bonds is 4. The lowest BCUT2D eigenvalue weighted by Gasteiger charge is -2.39. The molecule has 0 bridgehead atoms. The van der Waals surface area contributed by atoms with Crippen molar-refractivity contribution in [3.8, 4) is 0 Å². The Bertz CT molecular complexity index is 1030. The summed E-state index contributed by atoms with van der Waals surface area (Å²) in [4.78, 5) is 7.53. The number of fused-ring (bicyclic) bond motifs is 2. The normalized spacial score (nSPS) is 19.3. The zero-order valence-electron chi connectivity index (χ0n) is 16.3. The van der Waals surface area contributed by atoms with Crippen LogP contribution in [0.25, 0.3) is 10.9 Å². The minimum atomic E-state index is 0.459. The van der Waals surface area contributed by atoms with Gasteiger partial charge in [0.25, 0.3) is 0 Å². The fourth-order valence-electron chi connectivity index (χ4n) is 4.90. The molecule has 5 rings (SSSR count). The standard InChI is InChI=1S/C24H27N3/c1-4-14-26-17(3)16(2)20-11-13-25-24(23(20)26)27-15-12-18-7-5-6-8-21(18)22(27)19-9-10-19/h4-8,11,13,19,22H,1,9-10,12,14-15H2,2-3H3. The van der Waals surface area contributed by atoms with Gasteiger partial charge in [0, 0.05) is 30.4 Å². The highest BCUT2D eigenvalue weighted by Crippen LogP contribution is 2.49. The van der Waals surface area contributed by atoms with E-state index in [0.717, 1.165) is 31.2 Å². The van der Waals surface area contributed by atoms with Crippen molar-refractivity contribution in [3.63, 3.8) is 0 Å². The molecule has 3 heteroatoms. The molecular weight excluding hydrogens is 330 g/mol. The van der Waals surface area contributed by atoms with Gasteiger partial charge < -0.3 is 9.47 Å². The van der Waals surface area contributed by atoms with Crippen LogP contribution in [0.5, 0.6) is 0 Å². The minimum absolute atomic E-state index is 0.459. The SMILES string of the molecule is C=CCn1c(C)c(C)c2ccnc(N3CCc4ccccc4C3C3CC3)c21. The summed E-state index contributed by atoms with van der Waals surface area (Å²) in [6.45, 7) is 10.3. The second kappa shape index (κ2) is 6.26. The summed E-state index contributed by atoms with van der Waals surface area (Å²) >= 11 is 0. The van der Waals surface area contributed by atoms with Gasteiger partial charge in [-0.3, -0.25) is 0 Å². The Labute approximate surface area is 161 Å². The topological polar surface area (TPSA) is 21.1 Å². The first-order valence-corrected chi connectivity index (χ1v) is 10.1. The molecule has 1 unspecified atom stereocenters. The number of benzene rings is 1. The van der Waals surface area contributed by atoms with Crippen LogP contribution in [-0.2, 0) is 13.0 Å². The highest BCUT2D eigenvalue weighted by atomic mass is 15.2. The number of pyridine rings is 1. The van der Waals surface area contributed by atoms with Crippen molar-refractivity contribution in [2.24, 2.45) is 5.92 Å². The number of hydrogen-bond acceptors (Lipinski definition) is 2. The third-order valence-corrected chi connectivity index (χ3v) is 6.51. The minimum Gasteiger partial charge on any atom is -0.347 e. The smallest absolute Gasteiger partial charge is 0.153 e. The van der Waals surface area contributed by atoms with Crippen molar-refractivity contribution in [2.75, 3.05) is 11.4 Å². The van der Waals surface area contributed by atoms with Crippen LogP contribution in [-0.4, -0.2) is 16.1 Å². The molecule has 1 fully saturated rings. The Hall–Kier alpha value is -2.55. The molecule has 0 spiro atoms. The van der Waals surface area contributed by atoms with Crippen LogP contribution in [0.4, 0.5) is 5.82 Å². The van der Waals surface area contributed by atoms with Gasteiger partial charge in [-0.2, -0.15) is 0 Å². The average molecular weight is 358 g/mol. The van der Waals surface area contributed by atoms with Gasteiger partial charge in [0.2, 0.25) is 0 Å². The van der Waals surface area contributed by atoms with Crippen molar-refractivity contribution in [1.82, 2.24) is 9.55 Å². The van der Waals surface area contributed by atoms with E-state index < -0.39 is 0 Å². The summed E-state index contributed by atoms with van der Waals surface area (Å²) in [6.07, 6.45) is 7.74. The van der Waals surface area contributed by atoms with E-state index in [0.29, 0.717) is 6.04 Å². The maximum Gasteiger partial charge on any atom is 0.153 e. The highest BCUT2D eigenvalue weighted by molar-refractivity contribution is 5.94. The monoisotopic (exact) mass is 357 g/mol. The van der Waals surface area contributed by atoms with Crippen LogP contribution in [0.3, 0.4) is 0 Å². The molecule has 138 valence electrons. The van der Waals surface area contributed by atoms with E-state index >= 15 is 0 Å². The van der Waals surface area contributed by atoms with Crippen LogP contribution in [0.2, 0.25) is 0 Å². The van der Waals surface area contributed by atoms with E-state index in [9.17, 15) is 0 Å². The Morgan fingerprint density at radius 1 is 1.19 bits per heavy atom. The Kier molecular flexibility index (Phi) is 3.85. The fourth-order valence-corrected chi connectivity index (χ4v) is 4.90. The van der Waals surface area contributed by atoms with Crippen LogP contribution >= 0.6 is 0 Å². The first-order chi connectivity index (χ1) is 13.2. The van der Waals surface area contributed by atoms with Crippen molar-refractivity contribution in [3.05, 3.63) is 71.6 Å². The second-order valence-corrected chi connectivity index (χ2v) is 8.06.